The van der Waals surface area contributed by atoms with Crippen LogP contribution in [0.2, 0.25) is 0 Å². The molecule has 2 N–H and O–H groups in total. The molecular formula is C13H12N4O3. The van der Waals surface area contributed by atoms with Crippen molar-refractivity contribution < 1.29 is 9.72 Å². The maximum absolute atomic E-state index is 11.1. The number of carbonyl (C=O) groups excluding carboxylic acids is 1. The fourth-order valence-electron chi connectivity index (χ4n) is 1.82. The van der Waals surface area contributed by atoms with E-state index in [9.17, 15) is 14.9 Å². The highest BCUT2D eigenvalue weighted by Gasteiger charge is 2.16. The van der Waals surface area contributed by atoms with Crippen molar-refractivity contribution in [3.63, 3.8) is 0 Å². The number of nitrogens with two attached hydrogens (primary N) is 1. The predicted octanol–water partition coefficient (Wildman–Crippen LogP) is 2.04. The largest absolute Gasteiger partial charge is 0.383 e. The van der Waals surface area contributed by atoms with Crippen molar-refractivity contribution in [3.05, 3.63) is 52.6 Å². The molecule has 20 heavy (non-hydrogen) atoms. The lowest BCUT2D eigenvalue weighted by atomic mass is 10.1. The number of hydrogen-bond donors (Lipinski definition) is 1. The number of aromatic nitrogens is 2. The summed E-state index contributed by atoms with van der Waals surface area (Å²) in [6.07, 6.45) is 2.23. The number of non-ortho nitro benzene ring substituents is 1. The molecule has 0 fully saturated rings. The first-order valence-corrected chi connectivity index (χ1v) is 5.75. The number of aldehydes is 1. The summed E-state index contributed by atoms with van der Waals surface area (Å²) < 4.78 is 1.45. The second kappa shape index (κ2) is 5.35. The van der Waals surface area contributed by atoms with E-state index in [1.807, 2.05) is 0 Å². The highest BCUT2D eigenvalue weighted by Crippen LogP contribution is 2.27. The van der Waals surface area contributed by atoms with Crippen LogP contribution in [0.1, 0.15) is 10.4 Å². The summed E-state index contributed by atoms with van der Waals surface area (Å²) in [5, 5.41) is 14.8. The molecule has 2 rings (SSSR count). The van der Waals surface area contributed by atoms with Gasteiger partial charge in [0.05, 0.1) is 17.0 Å². The first-order chi connectivity index (χ1) is 9.58. The van der Waals surface area contributed by atoms with Crippen LogP contribution in [0.4, 0.5) is 11.5 Å². The first-order valence-electron chi connectivity index (χ1n) is 5.75. The molecular weight excluding hydrogens is 260 g/mol. The van der Waals surface area contributed by atoms with Crippen LogP contribution in [0.5, 0.6) is 0 Å². The molecule has 0 aliphatic heterocycles. The number of carbonyl (C=O) groups is 1. The van der Waals surface area contributed by atoms with Gasteiger partial charge in [-0.05, 0) is 12.1 Å². The van der Waals surface area contributed by atoms with Crippen LogP contribution < -0.4 is 5.73 Å². The van der Waals surface area contributed by atoms with Crippen LogP contribution in [0.3, 0.4) is 0 Å². The van der Waals surface area contributed by atoms with Gasteiger partial charge >= 0.3 is 0 Å². The van der Waals surface area contributed by atoms with Crippen LogP contribution >= 0.6 is 0 Å². The number of anilines is 1. The number of allylic oxidation sites excluding steroid dienone is 1. The molecule has 102 valence electrons. The SMILES string of the molecule is C=CCn1nc(-c2ccc([N+](=O)[O-])cc2)c(C=O)c1N. The maximum atomic E-state index is 11.1. The zero-order chi connectivity index (χ0) is 14.7. The number of rotatable bonds is 5. The smallest absolute Gasteiger partial charge is 0.269 e. The average molecular weight is 272 g/mol. The highest BCUT2D eigenvalue weighted by atomic mass is 16.6. The Bertz CT molecular complexity index is 674. The van der Waals surface area contributed by atoms with Crippen LogP contribution in [0.25, 0.3) is 11.3 Å². The van der Waals surface area contributed by atoms with Gasteiger partial charge in [-0.15, -0.1) is 6.58 Å². The van der Waals surface area contributed by atoms with E-state index in [1.165, 1.54) is 28.9 Å². The van der Waals surface area contributed by atoms with E-state index in [-0.39, 0.29) is 17.1 Å². The lowest BCUT2D eigenvalue weighted by Crippen LogP contribution is -2.03. The average Bonchev–Trinajstić information content (AvgIpc) is 2.76. The van der Waals surface area contributed by atoms with Crippen LogP contribution in [0.15, 0.2) is 36.9 Å². The molecule has 7 heteroatoms. The van der Waals surface area contributed by atoms with Crippen molar-refractivity contribution in [2.75, 3.05) is 5.73 Å². The molecule has 0 atom stereocenters. The number of nitro groups is 1. The first kappa shape index (κ1) is 13.5. The molecule has 0 amide bonds. The molecule has 0 saturated carbocycles. The predicted molar refractivity (Wildman–Crippen MR) is 74.3 cm³/mol. The third kappa shape index (κ3) is 2.28. The van der Waals surface area contributed by atoms with Gasteiger partial charge in [-0.2, -0.15) is 5.10 Å². The molecule has 0 bridgehead atoms. The van der Waals surface area contributed by atoms with E-state index in [1.54, 1.807) is 6.08 Å². The van der Waals surface area contributed by atoms with E-state index >= 15 is 0 Å². The molecule has 2 aromatic rings. The van der Waals surface area contributed by atoms with Crippen LogP contribution in [-0.4, -0.2) is 21.0 Å². The molecule has 7 nitrogen and oxygen atoms in total. The Balaban J connectivity index is 2.51. The van der Waals surface area contributed by atoms with E-state index in [2.05, 4.69) is 11.7 Å². The Kier molecular flexibility index (Phi) is 3.60. The summed E-state index contributed by atoms with van der Waals surface area (Å²) in [5.74, 6) is 0.244. The van der Waals surface area contributed by atoms with Crippen LogP contribution in [0, 0.1) is 10.1 Å². The van der Waals surface area contributed by atoms with Gasteiger partial charge < -0.3 is 5.73 Å². The van der Waals surface area contributed by atoms with E-state index < -0.39 is 4.92 Å². The van der Waals surface area contributed by atoms with Crippen molar-refractivity contribution in [2.24, 2.45) is 0 Å². The van der Waals surface area contributed by atoms with Gasteiger partial charge in [0.2, 0.25) is 0 Å². The van der Waals surface area contributed by atoms with E-state index in [0.717, 1.165) is 0 Å². The topological polar surface area (TPSA) is 104 Å². The van der Waals surface area contributed by atoms with E-state index in [0.29, 0.717) is 24.1 Å². The molecule has 0 saturated heterocycles. The van der Waals surface area contributed by atoms with Crippen molar-refractivity contribution >= 4 is 17.8 Å². The van der Waals surface area contributed by atoms with Gasteiger partial charge in [0, 0.05) is 17.7 Å². The van der Waals surface area contributed by atoms with Gasteiger partial charge in [-0.25, -0.2) is 4.68 Å². The van der Waals surface area contributed by atoms with Crippen molar-refractivity contribution in [1.29, 1.82) is 0 Å². The third-order valence-corrected chi connectivity index (χ3v) is 2.80. The second-order valence-corrected chi connectivity index (χ2v) is 4.04. The fraction of sp³-hybridized carbons (Fsp3) is 0.0769. The molecule has 0 unspecified atom stereocenters. The Morgan fingerprint density at radius 2 is 2.05 bits per heavy atom. The lowest BCUT2D eigenvalue weighted by Gasteiger charge is -1.98. The molecule has 0 aliphatic carbocycles. The number of hydrogen-bond acceptors (Lipinski definition) is 5. The normalized spacial score (nSPS) is 10.2. The summed E-state index contributed by atoms with van der Waals surface area (Å²) in [5.41, 5.74) is 7.05. The molecule has 1 aromatic carbocycles. The third-order valence-electron chi connectivity index (χ3n) is 2.80. The minimum absolute atomic E-state index is 0.0279. The maximum Gasteiger partial charge on any atom is 0.269 e. The molecule has 0 spiro atoms. The summed E-state index contributed by atoms with van der Waals surface area (Å²) in [6.45, 7) is 3.96. The van der Waals surface area contributed by atoms with Gasteiger partial charge in [-0.1, -0.05) is 6.08 Å². The quantitative estimate of drug-likeness (QED) is 0.388. The Hall–Kier alpha value is -2.96. The van der Waals surface area contributed by atoms with Crippen molar-refractivity contribution in [2.45, 2.75) is 6.54 Å². The highest BCUT2D eigenvalue weighted by molar-refractivity contribution is 5.91. The summed E-state index contributed by atoms with van der Waals surface area (Å²) in [4.78, 5) is 21.3. The minimum Gasteiger partial charge on any atom is -0.383 e. The monoisotopic (exact) mass is 272 g/mol. The zero-order valence-electron chi connectivity index (χ0n) is 10.5. The minimum atomic E-state index is -0.491. The zero-order valence-corrected chi connectivity index (χ0v) is 10.5. The van der Waals surface area contributed by atoms with Gasteiger partial charge in [-0.3, -0.25) is 14.9 Å². The Morgan fingerprint density at radius 3 is 2.55 bits per heavy atom. The van der Waals surface area contributed by atoms with Gasteiger partial charge in [0.25, 0.3) is 5.69 Å². The van der Waals surface area contributed by atoms with Crippen molar-refractivity contribution in [1.82, 2.24) is 9.78 Å². The molecule has 1 aromatic heterocycles. The molecule has 0 radical (unpaired) electrons. The standard InChI is InChI=1S/C13H12N4O3/c1-2-7-16-13(14)11(8-18)12(15-16)9-3-5-10(6-4-9)17(19)20/h2-6,8H,1,7,14H2. The summed E-state index contributed by atoms with van der Waals surface area (Å²) in [6, 6.07) is 5.77. The summed E-state index contributed by atoms with van der Waals surface area (Å²) in [7, 11) is 0. The fourth-order valence-corrected chi connectivity index (χ4v) is 1.82. The lowest BCUT2D eigenvalue weighted by molar-refractivity contribution is -0.384. The number of nitrogens with zero attached hydrogens (tertiary/aromatic N) is 3. The van der Waals surface area contributed by atoms with Crippen LogP contribution in [-0.2, 0) is 6.54 Å². The second-order valence-electron chi connectivity index (χ2n) is 4.04. The Morgan fingerprint density at radius 1 is 1.40 bits per heavy atom. The Labute approximate surface area is 114 Å². The number of nitrogen functional groups attached to an aromatic ring is 1. The summed E-state index contributed by atoms with van der Waals surface area (Å²) >= 11 is 0. The van der Waals surface area contributed by atoms with Crippen molar-refractivity contribution in [3.8, 4) is 11.3 Å². The number of nitro benzene ring substituents is 1. The molecule has 1 heterocycles. The molecule has 0 aliphatic rings. The number of benzene rings is 1. The van der Waals surface area contributed by atoms with E-state index in [4.69, 9.17) is 5.73 Å². The van der Waals surface area contributed by atoms with Gasteiger partial charge in [0.15, 0.2) is 6.29 Å². The van der Waals surface area contributed by atoms with Gasteiger partial charge in [0.1, 0.15) is 11.5 Å².